The van der Waals surface area contributed by atoms with Crippen LogP contribution in [0.4, 0.5) is 0 Å². The lowest BCUT2D eigenvalue weighted by Gasteiger charge is -2.23. The van der Waals surface area contributed by atoms with Crippen LogP contribution in [0.15, 0.2) is 78.7 Å². The second-order valence-electron chi connectivity index (χ2n) is 5.47. The lowest BCUT2D eigenvalue weighted by atomic mass is 9.86. The van der Waals surface area contributed by atoms with Crippen molar-refractivity contribution >= 4 is 10.8 Å². The second-order valence-corrected chi connectivity index (χ2v) is 5.47. The molecule has 0 aliphatic carbocycles. The van der Waals surface area contributed by atoms with E-state index in [9.17, 15) is 10.1 Å². The van der Waals surface area contributed by atoms with Crippen LogP contribution in [0.2, 0.25) is 0 Å². The number of hydrogen-bond donors (Lipinski definition) is 0. The van der Waals surface area contributed by atoms with Crippen LogP contribution in [0.1, 0.15) is 17.0 Å². The quantitative estimate of drug-likeness (QED) is 0.518. The predicted octanol–water partition coefficient (Wildman–Crippen LogP) is 4.48. The smallest absolute Gasteiger partial charge is 0.292 e. The summed E-state index contributed by atoms with van der Waals surface area (Å²) >= 11 is 0. The number of ether oxygens (including phenoxy) is 1. The van der Waals surface area contributed by atoms with Gasteiger partial charge in [0.2, 0.25) is 0 Å². The Morgan fingerprint density at radius 3 is 2.43 bits per heavy atom. The molecule has 0 spiro atoms. The van der Waals surface area contributed by atoms with Gasteiger partial charge in [0, 0.05) is 10.9 Å². The summed E-state index contributed by atoms with van der Waals surface area (Å²) in [4.78, 5) is 11.1. The topological polar surface area (TPSA) is 52.4 Å². The summed E-state index contributed by atoms with van der Waals surface area (Å²) in [6.45, 7) is 0. The third-order valence-electron chi connectivity index (χ3n) is 4.16. The Labute approximate surface area is 132 Å². The monoisotopic (exact) mass is 303 g/mol. The van der Waals surface area contributed by atoms with Gasteiger partial charge in [-0.3, -0.25) is 10.1 Å². The number of benzene rings is 3. The van der Waals surface area contributed by atoms with Gasteiger partial charge in [-0.1, -0.05) is 66.7 Å². The van der Waals surface area contributed by atoms with E-state index in [1.54, 1.807) is 0 Å². The number of fused-ring (bicyclic) bond motifs is 3. The normalized spacial score (nSPS) is 16.3. The van der Waals surface area contributed by atoms with Crippen LogP contribution in [-0.2, 0) is 0 Å². The van der Waals surface area contributed by atoms with Crippen molar-refractivity contribution in [1.82, 2.24) is 0 Å². The zero-order valence-corrected chi connectivity index (χ0v) is 12.2. The molecule has 1 aliphatic heterocycles. The van der Waals surface area contributed by atoms with Gasteiger partial charge < -0.3 is 4.74 Å². The van der Waals surface area contributed by atoms with Crippen LogP contribution in [0.25, 0.3) is 10.8 Å². The van der Waals surface area contributed by atoms with E-state index in [-0.39, 0.29) is 10.6 Å². The van der Waals surface area contributed by atoms with Crippen molar-refractivity contribution in [2.75, 3.05) is 0 Å². The van der Waals surface area contributed by atoms with Crippen LogP contribution in [0.5, 0.6) is 5.75 Å². The Morgan fingerprint density at radius 1 is 0.913 bits per heavy atom. The molecule has 4 rings (SSSR count). The highest BCUT2D eigenvalue weighted by molar-refractivity contribution is 5.90. The van der Waals surface area contributed by atoms with Crippen molar-refractivity contribution in [2.45, 2.75) is 5.92 Å². The fourth-order valence-corrected chi connectivity index (χ4v) is 3.11. The maximum atomic E-state index is 11.5. The first kappa shape index (κ1) is 13.5. The summed E-state index contributed by atoms with van der Waals surface area (Å²) in [5, 5.41) is 13.5. The van der Waals surface area contributed by atoms with E-state index in [0.717, 1.165) is 21.9 Å². The third kappa shape index (κ3) is 2.16. The fraction of sp³-hybridized carbons (Fsp3) is 0.0526. The predicted molar refractivity (Wildman–Crippen MR) is 87.9 cm³/mol. The van der Waals surface area contributed by atoms with E-state index in [1.807, 2.05) is 66.7 Å². The molecule has 1 aliphatic rings. The maximum absolute atomic E-state index is 11.5. The second kappa shape index (κ2) is 5.25. The molecule has 0 radical (unpaired) electrons. The van der Waals surface area contributed by atoms with Crippen molar-refractivity contribution in [2.24, 2.45) is 0 Å². The lowest BCUT2D eigenvalue weighted by molar-refractivity contribution is -0.431. The van der Waals surface area contributed by atoms with Crippen molar-refractivity contribution in [3.63, 3.8) is 0 Å². The maximum Gasteiger partial charge on any atom is 0.292 e. The molecular formula is C19H13NO3. The minimum atomic E-state index is -0.431. The zero-order chi connectivity index (χ0) is 15.8. The van der Waals surface area contributed by atoms with E-state index in [1.165, 1.54) is 6.26 Å². The van der Waals surface area contributed by atoms with E-state index in [4.69, 9.17) is 4.74 Å². The van der Waals surface area contributed by atoms with Gasteiger partial charge in [0.05, 0.1) is 4.92 Å². The molecule has 1 atom stereocenters. The Balaban J connectivity index is 1.98. The van der Waals surface area contributed by atoms with E-state index < -0.39 is 5.92 Å². The first-order valence-electron chi connectivity index (χ1n) is 7.33. The van der Waals surface area contributed by atoms with E-state index in [2.05, 4.69) is 0 Å². The Hall–Kier alpha value is -3.14. The molecule has 3 aromatic carbocycles. The highest BCUT2D eigenvalue weighted by Crippen LogP contribution is 2.44. The van der Waals surface area contributed by atoms with Gasteiger partial charge in [0.15, 0.2) is 6.26 Å². The molecule has 3 aromatic rings. The molecule has 0 fully saturated rings. The fourth-order valence-electron chi connectivity index (χ4n) is 3.11. The number of nitrogens with zero attached hydrogens (tertiary/aromatic N) is 1. The minimum absolute atomic E-state index is 0.0546. The molecule has 1 heterocycles. The average Bonchev–Trinajstić information content (AvgIpc) is 2.61. The van der Waals surface area contributed by atoms with Crippen LogP contribution in [-0.4, -0.2) is 4.92 Å². The average molecular weight is 303 g/mol. The standard InChI is InChI=1S/C19H13NO3/c21-20(22)17-12-23-19-15-9-5-4-6-13(15)10-11-16(19)18(17)14-7-2-1-3-8-14/h1-12,18H. The van der Waals surface area contributed by atoms with Gasteiger partial charge >= 0.3 is 0 Å². The number of rotatable bonds is 2. The summed E-state index contributed by atoms with van der Waals surface area (Å²) in [5.41, 5.74) is 1.76. The van der Waals surface area contributed by atoms with Crippen LogP contribution < -0.4 is 4.74 Å². The molecule has 4 nitrogen and oxygen atoms in total. The van der Waals surface area contributed by atoms with Gasteiger partial charge in [-0.05, 0) is 10.9 Å². The SMILES string of the molecule is O=[N+]([O-])C1=COc2c(ccc3ccccc23)C1c1ccccc1. The first-order chi connectivity index (χ1) is 11.3. The van der Waals surface area contributed by atoms with Crippen LogP contribution >= 0.6 is 0 Å². The molecular weight excluding hydrogens is 290 g/mol. The van der Waals surface area contributed by atoms with Gasteiger partial charge in [-0.15, -0.1) is 0 Å². The lowest BCUT2D eigenvalue weighted by Crippen LogP contribution is -2.17. The minimum Gasteiger partial charge on any atom is -0.457 e. The number of nitro groups is 1. The van der Waals surface area contributed by atoms with Gasteiger partial charge in [0.25, 0.3) is 5.70 Å². The van der Waals surface area contributed by atoms with E-state index in [0.29, 0.717) is 5.75 Å². The van der Waals surface area contributed by atoms with Crippen LogP contribution in [0, 0.1) is 10.1 Å². The highest BCUT2D eigenvalue weighted by atomic mass is 16.6. The van der Waals surface area contributed by atoms with Gasteiger partial charge in [0.1, 0.15) is 11.7 Å². The van der Waals surface area contributed by atoms with Gasteiger partial charge in [-0.2, -0.15) is 0 Å². The molecule has 4 heteroatoms. The molecule has 0 N–H and O–H groups in total. The number of hydrogen-bond acceptors (Lipinski definition) is 3. The molecule has 0 saturated heterocycles. The highest BCUT2D eigenvalue weighted by Gasteiger charge is 2.35. The Bertz CT molecular complexity index is 932. The molecule has 0 saturated carbocycles. The molecule has 112 valence electrons. The van der Waals surface area contributed by atoms with Crippen molar-refractivity contribution in [3.05, 3.63) is 99.9 Å². The Morgan fingerprint density at radius 2 is 1.65 bits per heavy atom. The molecule has 0 aromatic heterocycles. The van der Waals surface area contributed by atoms with Crippen molar-refractivity contribution < 1.29 is 9.66 Å². The van der Waals surface area contributed by atoms with Gasteiger partial charge in [-0.25, -0.2) is 0 Å². The largest absolute Gasteiger partial charge is 0.457 e. The zero-order valence-electron chi connectivity index (χ0n) is 12.2. The molecule has 0 bridgehead atoms. The summed E-state index contributed by atoms with van der Waals surface area (Å²) in [6.07, 6.45) is 1.27. The van der Waals surface area contributed by atoms with Crippen molar-refractivity contribution in [3.8, 4) is 5.75 Å². The first-order valence-corrected chi connectivity index (χ1v) is 7.33. The van der Waals surface area contributed by atoms with Crippen molar-refractivity contribution in [1.29, 1.82) is 0 Å². The molecule has 0 amide bonds. The van der Waals surface area contributed by atoms with Crippen LogP contribution in [0.3, 0.4) is 0 Å². The summed E-state index contributed by atoms with van der Waals surface area (Å²) < 4.78 is 5.66. The third-order valence-corrected chi connectivity index (χ3v) is 4.16. The summed E-state index contributed by atoms with van der Waals surface area (Å²) in [5.74, 6) is 0.266. The molecule has 1 unspecified atom stereocenters. The summed E-state index contributed by atoms with van der Waals surface area (Å²) in [7, 11) is 0. The number of allylic oxidation sites excluding steroid dienone is 1. The van der Waals surface area contributed by atoms with E-state index >= 15 is 0 Å². The summed E-state index contributed by atoms with van der Waals surface area (Å²) in [6, 6.07) is 21.3. The Kier molecular flexibility index (Phi) is 3.08. The molecule has 23 heavy (non-hydrogen) atoms.